The average molecular weight is 227 g/mol. The van der Waals surface area contributed by atoms with Gasteiger partial charge >= 0.3 is 0 Å². The first-order chi connectivity index (χ1) is 8.29. The number of para-hydroxylation sites is 1. The highest BCUT2D eigenvalue weighted by Crippen LogP contribution is 2.39. The summed E-state index contributed by atoms with van der Waals surface area (Å²) >= 11 is 0. The zero-order valence-corrected chi connectivity index (χ0v) is 10.1. The van der Waals surface area contributed by atoms with Crippen LogP contribution in [0.1, 0.15) is 35.6 Å². The fraction of sp³-hybridized carbons (Fsp3) is 0.357. The number of rotatable bonds is 3. The Labute approximate surface area is 101 Å². The molecule has 88 valence electrons. The summed E-state index contributed by atoms with van der Waals surface area (Å²) in [6.45, 7) is 2.66. The number of nitrogens with zero attached hydrogens (tertiary/aromatic N) is 2. The van der Waals surface area contributed by atoms with Crippen molar-refractivity contribution in [3.05, 3.63) is 47.3 Å². The van der Waals surface area contributed by atoms with Crippen molar-refractivity contribution in [2.45, 2.75) is 32.2 Å². The van der Waals surface area contributed by atoms with Crippen LogP contribution >= 0.6 is 0 Å². The summed E-state index contributed by atoms with van der Waals surface area (Å²) in [5.41, 5.74) is 10.5. The SMILES string of the molecule is Cc1cccc(CN)c1-n1ccc(C2CC2)n1. The van der Waals surface area contributed by atoms with Gasteiger partial charge in [0.15, 0.2) is 0 Å². The van der Waals surface area contributed by atoms with Crippen LogP contribution in [0.5, 0.6) is 0 Å². The van der Waals surface area contributed by atoms with E-state index in [9.17, 15) is 0 Å². The molecule has 2 aromatic rings. The topological polar surface area (TPSA) is 43.8 Å². The van der Waals surface area contributed by atoms with Gasteiger partial charge in [-0.25, -0.2) is 4.68 Å². The fourth-order valence-corrected chi connectivity index (χ4v) is 2.27. The standard InChI is InChI=1S/C14H17N3/c1-10-3-2-4-12(9-15)14(10)17-8-7-13(16-17)11-5-6-11/h2-4,7-8,11H,5-6,9,15H2,1H3. The van der Waals surface area contributed by atoms with Crippen LogP contribution < -0.4 is 5.73 Å². The van der Waals surface area contributed by atoms with E-state index in [4.69, 9.17) is 5.73 Å². The van der Waals surface area contributed by atoms with Gasteiger partial charge in [-0.3, -0.25) is 0 Å². The van der Waals surface area contributed by atoms with Crippen molar-refractivity contribution in [2.75, 3.05) is 0 Å². The molecular formula is C14H17N3. The maximum atomic E-state index is 5.79. The van der Waals surface area contributed by atoms with Gasteiger partial charge in [-0.2, -0.15) is 5.10 Å². The van der Waals surface area contributed by atoms with Crippen molar-refractivity contribution in [1.82, 2.24) is 9.78 Å². The van der Waals surface area contributed by atoms with E-state index in [-0.39, 0.29) is 0 Å². The third kappa shape index (κ3) is 1.87. The van der Waals surface area contributed by atoms with E-state index in [1.54, 1.807) is 0 Å². The predicted octanol–water partition coefficient (Wildman–Crippen LogP) is 2.52. The monoisotopic (exact) mass is 227 g/mol. The van der Waals surface area contributed by atoms with Gasteiger partial charge in [-0.1, -0.05) is 18.2 Å². The van der Waals surface area contributed by atoms with E-state index in [1.807, 2.05) is 10.7 Å². The molecule has 1 aliphatic rings. The molecule has 0 aliphatic heterocycles. The van der Waals surface area contributed by atoms with Gasteiger partial charge in [-0.05, 0) is 37.0 Å². The summed E-state index contributed by atoms with van der Waals surface area (Å²) in [5.74, 6) is 0.696. The molecule has 0 unspecified atom stereocenters. The van der Waals surface area contributed by atoms with Crippen molar-refractivity contribution >= 4 is 0 Å². The Morgan fingerprint density at radius 3 is 2.88 bits per heavy atom. The number of hydrogen-bond acceptors (Lipinski definition) is 2. The van der Waals surface area contributed by atoms with E-state index in [1.165, 1.54) is 24.1 Å². The second-order valence-corrected chi connectivity index (χ2v) is 4.75. The zero-order valence-electron chi connectivity index (χ0n) is 10.1. The first-order valence-corrected chi connectivity index (χ1v) is 6.14. The van der Waals surface area contributed by atoms with Gasteiger partial charge in [0.2, 0.25) is 0 Å². The normalized spacial score (nSPS) is 15.2. The third-order valence-corrected chi connectivity index (χ3v) is 3.38. The molecule has 1 saturated carbocycles. The Morgan fingerprint density at radius 2 is 2.18 bits per heavy atom. The number of benzene rings is 1. The Balaban J connectivity index is 2.06. The molecule has 2 N–H and O–H groups in total. The van der Waals surface area contributed by atoms with E-state index in [0.717, 1.165) is 11.3 Å². The molecule has 0 spiro atoms. The van der Waals surface area contributed by atoms with Crippen molar-refractivity contribution < 1.29 is 0 Å². The quantitative estimate of drug-likeness (QED) is 0.875. The first-order valence-electron chi connectivity index (χ1n) is 6.14. The predicted molar refractivity (Wildman–Crippen MR) is 68.2 cm³/mol. The highest BCUT2D eigenvalue weighted by molar-refractivity contribution is 5.47. The van der Waals surface area contributed by atoms with Gasteiger partial charge in [-0.15, -0.1) is 0 Å². The number of aromatic nitrogens is 2. The molecule has 3 nitrogen and oxygen atoms in total. The lowest BCUT2D eigenvalue weighted by Gasteiger charge is -2.11. The summed E-state index contributed by atoms with van der Waals surface area (Å²) < 4.78 is 1.98. The third-order valence-electron chi connectivity index (χ3n) is 3.38. The van der Waals surface area contributed by atoms with Crippen molar-refractivity contribution in [3.63, 3.8) is 0 Å². The van der Waals surface area contributed by atoms with Crippen LogP contribution in [0.2, 0.25) is 0 Å². The minimum Gasteiger partial charge on any atom is -0.326 e. The van der Waals surface area contributed by atoms with Crippen LogP contribution in [0.25, 0.3) is 5.69 Å². The molecule has 3 rings (SSSR count). The Bertz CT molecular complexity index is 538. The van der Waals surface area contributed by atoms with Gasteiger partial charge < -0.3 is 5.73 Å². The largest absolute Gasteiger partial charge is 0.326 e. The van der Waals surface area contributed by atoms with E-state index >= 15 is 0 Å². The highest BCUT2D eigenvalue weighted by atomic mass is 15.3. The summed E-state index contributed by atoms with van der Waals surface area (Å²) in [4.78, 5) is 0. The molecule has 0 atom stereocenters. The maximum absolute atomic E-state index is 5.79. The lowest BCUT2D eigenvalue weighted by Crippen LogP contribution is -2.07. The molecule has 17 heavy (non-hydrogen) atoms. The number of hydrogen-bond donors (Lipinski definition) is 1. The minimum absolute atomic E-state index is 0.551. The van der Waals surface area contributed by atoms with E-state index in [2.05, 4.69) is 36.4 Å². The first kappa shape index (κ1) is 10.5. The summed E-state index contributed by atoms with van der Waals surface area (Å²) in [6.07, 6.45) is 4.62. The molecular weight excluding hydrogens is 210 g/mol. The molecule has 3 heteroatoms. The summed E-state index contributed by atoms with van der Waals surface area (Å²) in [5, 5.41) is 4.67. The molecule has 0 amide bonds. The zero-order chi connectivity index (χ0) is 11.8. The van der Waals surface area contributed by atoms with Crippen molar-refractivity contribution in [2.24, 2.45) is 5.73 Å². The molecule has 1 fully saturated rings. The van der Waals surface area contributed by atoms with Crippen LogP contribution in [0.4, 0.5) is 0 Å². The van der Waals surface area contributed by atoms with Gasteiger partial charge in [0.25, 0.3) is 0 Å². The van der Waals surface area contributed by atoms with Crippen LogP contribution in [0.3, 0.4) is 0 Å². The smallest absolute Gasteiger partial charge is 0.0719 e. The Hall–Kier alpha value is -1.61. The fourth-order valence-electron chi connectivity index (χ4n) is 2.27. The second kappa shape index (κ2) is 4.00. The summed E-state index contributed by atoms with van der Waals surface area (Å²) in [6, 6.07) is 8.35. The minimum atomic E-state index is 0.551. The van der Waals surface area contributed by atoms with Gasteiger partial charge in [0.05, 0.1) is 11.4 Å². The lowest BCUT2D eigenvalue weighted by atomic mass is 10.1. The second-order valence-electron chi connectivity index (χ2n) is 4.75. The molecule has 0 radical (unpaired) electrons. The number of nitrogens with two attached hydrogens (primary N) is 1. The van der Waals surface area contributed by atoms with Crippen LogP contribution in [0.15, 0.2) is 30.5 Å². The van der Waals surface area contributed by atoms with Crippen LogP contribution in [-0.4, -0.2) is 9.78 Å². The van der Waals surface area contributed by atoms with Crippen molar-refractivity contribution in [3.8, 4) is 5.69 Å². The lowest BCUT2D eigenvalue weighted by molar-refractivity contribution is 0.817. The maximum Gasteiger partial charge on any atom is 0.0719 e. The van der Waals surface area contributed by atoms with Crippen molar-refractivity contribution in [1.29, 1.82) is 0 Å². The van der Waals surface area contributed by atoms with Gasteiger partial charge in [0.1, 0.15) is 0 Å². The molecule has 0 saturated heterocycles. The molecule has 1 aromatic heterocycles. The van der Waals surface area contributed by atoms with Gasteiger partial charge in [0, 0.05) is 18.7 Å². The average Bonchev–Trinajstić information content (AvgIpc) is 3.08. The molecule has 1 heterocycles. The summed E-state index contributed by atoms with van der Waals surface area (Å²) in [7, 11) is 0. The Kier molecular flexibility index (Phi) is 2.48. The van der Waals surface area contributed by atoms with E-state index < -0.39 is 0 Å². The molecule has 0 bridgehead atoms. The molecule has 1 aliphatic carbocycles. The van der Waals surface area contributed by atoms with Crippen LogP contribution in [0, 0.1) is 6.92 Å². The Morgan fingerprint density at radius 1 is 1.35 bits per heavy atom. The highest BCUT2D eigenvalue weighted by Gasteiger charge is 2.26. The van der Waals surface area contributed by atoms with Crippen LogP contribution in [-0.2, 0) is 6.54 Å². The molecule has 1 aromatic carbocycles. The number of aryl methyl sites for hydroxylation is 1. The van der Waals surface area contributed by atoms with E-state index in [0.29, 0.717) is 12.5 Å².